The molecular weight excluding hydrogens is 482 g/mol. The second-order valence-corrected chi connectivity index (χ2v) is 10.6. The second-order valence-electron chi connectivity index (χ2n) is 10.6. The molecule has 6 nitrogen and oxygen atoms in total. The third kappa shape index (κ3) is 5.50. The molecule has 2 saturated heterocycles. The number of aromatic nitrogens is 1. The van der Waals surface area contributed by atoms with Crippen LogP contribution in [0, 0.1) is 11.3 Å². The summed E-state index contributed by atoms with van der Waals surface area (Å²) < 4.78 is 0. The Kier molecular flexibility index (Phi) is 7.25. The maximum Gasteiger partial charge on any atom is 0.254 e. The maximum absolute atomic E-state index is 14.2. The van der Waals surface area contributed by atoms with E-state index in [9.17, 15) is 10.1 Å². The number of pyridine rings is 1. The van der Waals surface area contributed by atoms with Crippen LogP contribution in [-0.4, -0.2) is 52.9 Å². The number of carbonyl (C=O) groups excluding carboxylic acids is 1. The fourth-order valence-electron chi connectivity index (χ4n) is 5.91. The van der Waals surface area contributed by atoms with Crippen LogP contribution in [0.3, 0.4) is 0 Å². The van der Waals surface area contributed by atoms with Gasteiger partial charge in [-0.05, 0) is 85.8 Å². The molecule has 1 N–H and O–H groups in total. The largest absolute Gasteiger partial charge is 0.366 e. The van der Waals surface area contributed by atoms with Crippen LogP contribution in [0.25, 0.3) is 22.0 Å². The van der Waals surface area contributed by atoms with Crippen molar-refractivity contribution < 1.29 is 4.79 Å². The van der Waals surface area contributed by atoms with Crippen LogP contribution in [0.15, 0.2) is 78.9 Å². The van der Waals surface area contributed by atoms with Gasteiger partial charge in [-0.25, -0.2) is 4.98 Å². The highest BCUT2D eigenvalue weighted by Gasteiger charge is 2.32. The number of rotatable bonds is 7. The van der Waals surface area contributed by atoms with Crippen LogP contribution in [0.2, 0.25) is 0 Å². The van der Waals surface area contributed by atoms with Crippen molar-refractivity contribution in [3.8, 4) is 17.2 Å². The van der Waals surface area contributed by atoms with Gasteiger partial charge in [0.15, 0.2) is 0 Å². The number of nitrogens with one attached hydrogen (secondary N) is 1. The van der Waals surface area contributed by atoms with Crippen LogP contribution in [0.1, 0.15) is 47.2 Å². The SMILES string of the molecule is N#Cc1ccc(-c2ccc3nc(NCc4ccccc4)cc(C(=O)N4CCC[C@H]4CN4CCCC4)c3c2)cc1. The predicted octanol–water partition coefficient (Wildman–Crippen LogP) is 6.09. The van der Waals surface area contributed by atoms with Crippen molar-refractivity contribution in [1.82, 2.24) is 14.8 Å². The molecule has 0 spiro atoms. The highest BCUT2D eigenvalue weighted by atomic mass is 16.2. The van der Waals surface area contributed by atoms with Crippen molar-refractivity contribution in [3.63, 3.8) is 0 Å². The van der Waals surface area contributed by atoms with Crippen molar-refractivity contribution in [2.45, 2.75) is 38.3 Å². The van der Waals surface area contributed by atoms with Crippen molar-refractivity contribution >= 4 is 22.6 Å². The Labute approximate surface area is 229 Å². The molecule has 4 aromatic rings. The highest BCUT2D eigenvalue weighted by molar-refractivity contribution is 6.08. The Hall–Kier alpha value is -4.21. The van der Waals surface area contributed by atoms with E-state index in [2.05, 4.69) is 39.4 Å². The molecular formula is C33H33N5O. The Morgan fingerprint density at radius 1 is 0.923 bits per heavy atom. The third-order valence-corrected chi connectivity index (χ3v) is 8.01. The number of likely N-dealkylation sites (tertiary alicyclic amines) is 2. The molecule has 3 heterocycles. The number of benzene rings is 3. The molecule has 196 valence electrons. The molecule has 2 aliphatic rings. The summed E-state index contributed by atoms with van der Waals surface area (Å²) >= 11 is 0. The molecule has 3 aromatic carbocycles. The topological polar surface area (TPSA) is 72.3 Å². The summed E-state index contributed by atoms with van der Waals surface area (Å²) in [7, 11) is 0. The monoisotopic (exact) mass is 515 g/mol. The minimum Gasteiger partial charge on any atom is -0.366 e. The van der Waals surface area contributed by atoms with Crippen molar-refractivity contribution in [3.05, 3.63) is 95.6 Å². The number of fused-ring (bicyclic) bond motifs is 1. The van der Waals surface area contributed by atoms with E-state index in [4.69, 9.17) is 4.98 Å². The number of nitrogens with zero attached hydrogens (tertiary/aromatic N) is 4. The van der Waals surface area contributed by atoms with Gasteiger partial charge in [0.05, 0.1) is 22.7 Å². The lowest BCUT2D eigenvalue weighted by Gasteiger charge is -2.29. The summed E-state index contributed by atoms with van der Waals surface area (Å²) in [5, 5.41) is 13.5. The van der Waals surface area contributed by atoms with E-state index in [1.165, 1.54) is 12.8 Å². The first-order valence-electron chi connectivity index (χ1n) is 13.9. The number of amides is 1. The average molecular weight is 516 g/mol. The van der Waals surface area contributed by atoms with Gasteiger partial charge in [0, 0.05) is 31.1 Å². The summed E-state index contributed by atoms with van der Waals surface area (Å²) in [6, 6.07) is 28.3. The number of anilines is 1. The zero-order chi connectivity index (χ0) is 26.6. The molecule has 1 atom stereocenters. The zero-order valence-corrected chi connectivity index (χ0v) is 22.1. The Balaban J connectivity index is 1.36. The molecule has 39 heavy (non-hydrogen) atoms. The van der Waals surface area contributed by atoms with Crippen molar-refractivity contribution in [1.29, 1.82) is 5.26 Å². The smallest absolute Gasteiger partial charge is 0.254 e. The first-order valence-corrected chi connectivity index (χ1v) is 13.9. The van der Waals surface area contributed by atoms with E-state index in [1.807, 2.05) is 60.7 Å². The predicted molar refractivity (Wildman–Crippen MR) is 155 cm³/mol. The standard InChI is InChI=1S/C33H33N5O/c34-21-24-10-12-26(13-11-24)27-14-15-31-29(19-27)30(20-32(36-31)35-22-25-7-2-1-3-8-25)33(39)38-18-6-9-28(38)23-37-16-4-5-17-37/h1-3,7-8,10-15,19-20,28H,4-6,9,16-18,22-23H2,(H,35,36)/t28-/m0/s1. The molecule has 0 bridgehead atoms. The fourth-order valence-corrected chi connectivity index (χ4v) is 5.91. The van der Waals surface area contributed by atoms with Gasteiger partial charge in [0.25, 0.3) is 5.91 Å². The van der Waals surface area contributed by atoms with Gasteiger partial charge in [-0.1, -0.05) is 48.5 Å². The molecule has 0 radical (unpaired) electrons. The quantitative estimate of drug-likeness (QED) is 0.323. The van der Waals surface area contributed by atoms with Crippen LogP contribution in [0.4, 0.5) is 5.82 Å². The van der Waals surface area contributed by atoms with E-state index in [0.29, 0.717) is 23.5 Å². The van der Waals surface area contributed by atoms with Crippen LogP contribution in [0.5, 0.6) is 0 Å². The molecule has 0 aliphatic carbocycles. The number of hydrogen-bond donors (Lipinski definition) is 1. The van der Waals surface area contributed by atoms with Gasteiger partial charge in [0.2, 0.25) is 0 Å². The lowest BCUT2D eigenvalue weighted by molar-refractivity contribution is 0.0710. The van der Waals surface area contributed by atoms with E-state index in [0.717, 1.165) is 66.6 Å². The van der Waals surface area contributed by atoms with E-state index in [1.54, 1.807) is 0 Å². The first kappa shape index (κ1) is 25.1. The summed E-state index contributed by atoms with van der Waals surface area (Å²) in [5.74, 6) is 0.792. The molecule has 1 amide bonds. The summed E-state index contributed by atoms with van der Waals surface area (Å²) in [6.45, 7) is 4.67. The van der Waals surface area contributed by atoms with Crippen molar-refractivity contribution in [2.24, 2.45) is 0 Å². The van der Waals surface area contributed by atoms with Gasteiger partial charge in [-0.15, -0.1) is 0 Å². The van der Waals surface area contributed by atoms with Gasteiger partial charge in [0.1, 0.15) is 5.82 Å². The van der Waals surface area contributed by atoms with Gasteiger partial charge in [-0.3, -0.25) is 4.79 Å². The zero-order valence-electron chi connectivity index (χ0n) is 22.1. The van der Waals surface area contributed by atoms with Crippen molar-refractivity contribution in [2.75, 3.05) is 31.5 Å². The minimum atomic E-state index is 0.0869. The number of nitriles is 1. The molecule has 0 unspecified atom stereocenters. The Morgan fingerprint density at radius 2 is 1.69 bits per heavy atom. The Bertz CT molecular complexity index is 1500. The number of carbonyl (C=O) groups is 1. The summed E-state index contributed by atoms with van der Waals surface area (Å²) in [4.78, 5) is 23.7. The molecule has 6 rings (SSSR count). The van der Waals surface area contributed by atoms with E-state index in [-0.39, 0.29) is 11.9 Å². The van der Waals surface area contributed by atoms with Crippen LogP contribution < -0.4 is 5.32 Å². The molecule has 6 heteroatoms. The maximum atomic E-state index is 14.2. The third-order valence-electron chi connectivity index (χ3n) is 8.01. The Morgan fingerprint density at radius 3 is 2.46 bits per heavy atom. The van der Waals surface area contributed by atoms with Gasteiger partial charge in [-0.2, -0.15) is 5.26 Å². The highest BCUT2D eigenvalue weighted by Crippen LogP contribution is 2.31. The molecule has 0 saturated carbocycles. The van der Waals surface area contributed by atoms with E-state index >= 15 is 0 Å². The number of hydrogen-bond acceptors (Lipinski definition) is 5. The molecule has 2 fully saturated rings. The van der Waals surface area contributed by atoms with E-state index < -0.39 is 0 Å². The van der Waals surface area contributed by atoms with Gasteiger partial charge >= 0.3 is 0 Å². The molecule has 1 aromatic heterocycles. The van der Waals surface area contributed by atoms with Gasteiger partial charge < -0.3 is 15.1 Å². The molecule has 2 aliphatic heterocycles. The van der Waals surface area contributed by atoms with Crippen LogP contribution in [-0.2, 0) is 6.54 Å². The second kappa shape index (κ2) is 11.3. The lowest BCUT2D eigenvalue weighted by Crippen LogP contribution is -2.42. The summed E-state index contributed by atoms with van der Waals surface area (Å²) in [6.07, 6.45) is 4.61. The summed E-state index contributed by atoms with van der Waals surface area (Å²) in [5.41, 5.74) is 5.29. The normalized spacial score (nSPS) is 17.4. The fraction of sp³-hybridized carbons (Fsp3) is 0.303. The minimum absolute atomic E-state index is 0.0869. The lowest BCUT2D eigenvalue weighted by atomic mass is 9.99. The first-order chi connectivity index (χ1) is 19.2. The van der Waals surface area contributed by atoms with Crippen LogP contribution >= 0.6 is 0 Å². The average Bonchev–Trinajstić information content (AvgIpc) is 3.68.